The molecule has 10 heteroatoms. The highest BCUT2D eigenvalue weighted by Gasteiger charge is 2.32. The van der Waals surface area contributed by atoms with E-state index in [1.54, 1.807) is 13.4 Å². The number of thiazole rings is 1. The van der Waals surface area contributed by atoms with Crippen LogP contribution in [-0.2, 0) is 15.9 Å². The molecule has 0 bridgehead atoms. The lowest BCUT2D eigenvalue weighted by atomic mass is 10.1. The molecule has 1 atom stereocenters. The molecule has 0 radical (unpaired) electrons. The smallest absolute Gasteiger partial charge is 0.433 e. The molecule has 32 heavy (non-hydrogen) atoms. The zero-order valence-corrected chi connectivity index (χ0v) is 19.5. The summed E-state index contributed by atoms with van der Waals surface area (Å²) in [6.07, 6.45) is 0.243. The molecule has 3 aromatic rings. The third-order valence-corrected chi connectivity index (χ3v) is 7.63. The van der Waals surface area contributed by atoms with Crippen molar-refractivity contribution in [1.82, 2.24) is 9.97 Å². The molecule has 1 unspecified atom stereocenters. The summed E-state index contributed by atoms with van der Waals surface area (Å²) in [6, 6.07) is 9.68. The monoisotopic (exact) mass is 483 g/mol. The molecule has 1 N–H and O–H groups in total. The average molecular weight is 484 g/mol. The number of aromatic nitrogens is 2. The maximum atomic E-state index is 13.6. The molecule has 0 fully saturated rings. The van der Waals surface area contributed by atoms with Crippen LogP contribution in [0.25, 0.3) is 11.3 Å². The first-order valence-corrected chi connectivity index (χ1v) is 12.7. The van der Waals surface area contributed by atoms with Crippen LogP contribution in [0.2, 0.25) is 0 Å². The van der Waals surface area contributed by atoms with Crippen LogP contribution in [0.3, 0.4) is 0 Å². The topological polar surface area (TPSA) is 64.1 Å². The molecule has 0 saturated heterocycles. The van der Waals surface area contributed by atoms with Gasteiger partial charge in [0, 0.05) is 33.8 Å². The summed E-state index contributed by atoms with van der Waals surface area (Å²) in [5.41, 5.74) is 1.07. The second-order valence-electron chi connectivity index (χ2n) is 7.17. The molecule has 172 valence electrons. The van der Waals surface area contributed by atoms with E-state index in [9.17, 15) is 17.4 Å². The SMILES string of the molecule is CCCCC(c1ccc(C(F)(F)F)nc1)=S(C)(=O)Nc1nc(-c2ccc(OC)cc2)cs1. The molecule has 0 aliphatic carbocycles. The van der Waals surface area contributed by atoms with Gasteiger partial charge in [-0.1, -0.05) is 19.4 Å². The second-order valence-corrected chi connectivity index (χ2v) is 10.4. The van der Waals surface area contributed by atoms with Gasteiger partial charge in [-0.2, -0.15) is 13.2 Å². The van der Waals surface area contributed by atoms with Crippen molar-refractivity contribution >= 4 is 31.0 Å². The molecule has 0 aliphatic rings. The Hall–Kier alpha value is -2.59. The van der Waals surface area contributed by atoms with E-state index in [4.69, 9.17) is 4.74 Å². The summed E-state index contributed by atoms with van der Waals surface area (Å²) >= 11 is 1.31. The van der Waals surface area contributed by atoms with Gasteiger partial charge < -0.3 is 4.74 Å². The molecule has 1 aromatic carbocycles. The van der Waals surface area contributed by atoms with Crippen LogP contribution < -0.4 is 9.46 Å². The summed E-state index contributed by atoms with van der Waals surface area (Å²) in [4.78, 5) is 8.60. The highest BCUT2D eigenvalue weighted by molar-refractivity contribution is 8.03. The van der Waals surface area contributed by atoms with Crippen molar-refractivity contribution in [3.05, 3.63) is 59.2 Å². The van der Waals surface area contributed by atoms with Crippen molar-refractivity contribution in [2.75, 3.05) is 18.1 Å². The lowest BCUT2D eigenvalue weighted by Gasteiger charge is -2.16. The number of hydrogen-bond donors (Lipinski definition) is 1. The van der Waals surface area contributed by atoms with Crippen molar-refractivity contribution in [3.63, 3.8) is 0 Å². The summed E-state index contributed by atoms with van der Waals surface area (Å²) in [6.45, 7) is 2.00. The second kappa shape index (κ2) is 9.91. The maximum Gasteiger partial charge on any atom is 0.433 e. The van der Waals surface area contributed by atoms with Gasteiger partial charge in [-0.15, -0.1) is 11.3 Å². The normalized spacial score (nSPS) is 13.4. The Morgan fingerprint density at radius 3 is 2.47 bits per heavy atom. The fourth-order valence-electron chi connectivity index (χ4n) is 3.07. The first kappa shape index (κ1) is 24.1. The average Bonchev–Trinajstić information content (AvgIpc) is 3.21. The molecule has 0 aliphatic heterocycles. The summed E-state index contributed by atoms with van der Waals surface area (Å²) in [5.74, 6) is 0.735. The predicted molar refractivity (Wildman–Crippen MR) is 125 cm³/mol. The van der Waals surface area contributed by atoms with Crippen molar-refractivity contribution in [2.24, 2.45) is 0 Å². The molecule has 5 nitrogen and oxygen atoms in total. The summed E-state index contributed by atoms with van der Waals surface area (Å²) in [7, 11) is -1.21. The zero-order chi connectivity index (χ0) is 23.4. The Labute approximate surface area is 189 Å². The lowest BCUT2D eigenvalue weighted by Crippen LogP contribution is -2.22. The van der Waals surface area contributed by atoms with Gasteiger partial charge >= 0.3 is 6.18 Å². The van der Waals surface area contributed by atoms with Gasteiger partial charge in [0.05, 0.1) is 22.5 Å². The molecule has 3 rings (SSSR count). The number of pyridine rings is 1. The van der Waals surface area contributed by atoms with Gasteiger partial charge in [-0.25, -0.2) is 9.19 Å². The van der Waals surface area contributed by atoms with Crippen LogP contribution in [0.15, 0.2) is 48.0 Å². The van der Waals surface area contributed by atoms with Crippen molar-refractivity contribution in [3.8, 4) is 17.0 Å². The molecule has 0 saturated carbocycles. The van der Waals surface area contributed by atoms with Gasteiger partial charge in [0.1, 0.15) is 11.4 Å². The quantitative estimate of drug-likeness (QED) is 0.321. The minimum Gasteiger partial charge on any atom is -0.497 e. The number of unbranched alkanes of at least 4 members (excludes halogenated alkanes) is 1. The van der Waals surface area contributed by atoms with Crippen molar-refractivity contribution < 1.29 is 22.1 Å². The van der Waals surface area contributed by atoms with Crippen LogP contribution in [0, 0.1) is 0 Å². The van der Waals surface area contributed by atoms with Crippen molar-refractivity contribution in [2.45, 2.75) is 32.4 Å². The summed E-state index contributed by atoms with van der Waals surface area (Å²) < 4.78 is 60.4. The number of rotatable bonds is 8. The summed E-state index contributed by atoms with van der Waals surface area (Å²) in [5, 5.41) is 2.32. The third kappa shape index (κ3) is 5.80. The van der Waals surface area contributed by atoms with Crippen LogP contribution >= 0.6 is 11.3 Å². The van der Waals surface area contributed by atoms with E-state index in [2.05, 4.69) is 14.7 Å². The molecule has 2 heterocycles. The minimum atomic E-state index is -4.52. The largest absolute Gasteiger partial charge is 0.497 e. The van der Waals surface area contributed by atoms with Gasteiger partial charge in [0.15, 0.2) is 5.13 Å². The standard InChI is InChI=1S/C22H24F3N3O2S2/c1-4-5-6-19(16-9-12-20(26-13-16)22(23,24)25)32(3,29)28-21-27-18(14-31-21)15-7-10-17(30-2)11-8-15/h7-14H,4-6H2,1-3H3,(H,27,28,29). The number of benzene rings is 1. The first-order valence-electron chi connectivity index (χ1n) is 9.90. The van der Waals surface area contributed by atoms with Crippen LogP contribution in [0.4, 0.5) is 18.3 Å². The number of alkyl halides is 3. The number of nitrogens with zero attached hydrogens (tertiary/aromatic N) is 2. The van der Waals surface area contributed by atoms with Gasteiger partial charge in [-0.05, 0) is 43.2 Å². The number of anilines is 1. The minimum absolute atomic E-state index is 0.429. The third-order valence-electron chi connectivity index (χ3n) is 4.78. The molecular weight excluding hydrogens is 459 g/mol. The van der Waals surface area contributed by atoms with E-state index >= 15 is 0 Å². The number of nitrogens with one attached hydrogen (secondary N) is 1. The zero-order valence-electron chi connectivity index (χ0n) is 17.9. The highest BCUT2D eigenvalue weighted by atomic mass is 32.2. The molecule has 0 spiro atoms. The Balaban J connectivity index is 1.92. The van der Waals surface area contributed by atoms with E-state index in [0.29, 0.717) is 22.0 Å². The van der Waals surface area contributed by atoms with E-state index in [0.717, 1.165) is 42.1 Å². The van der Waals surface area contributed by atoms with Gasteiger partial charge in [0.25, 0.3) is 0 Å². The lowest BCUT2D eigenvalue weighted by molar-refractivity contribution is -0.141. The predicted octanol–water partition coefficient (Wildman–Crippen LogP) is 5.88. The number of methoxy groups -OCH3 is 1. The fourth-order valence-corrected chi connectivity index (χ4v) is 5.91. The number of hydrogen-bond acceptors (Lipinski definition) is 5. The number of halogens is 3. The van der Waals surface area contributed by atoms with Gasteiger partial charge in [-0.3, -0.25) is 9.71 Å². The van der Waals surface area contributed by atoms with Crippen LogP contribution in [0.1, 0.15) is 37.4 Å². The van der Waals surface area contributed by atoms with Crippen LogP contribution in [-0.4, -0.2) is 32.4 Å². The van der Waals surface area contributed by atoms with Gasteiger partial charge in [0.2, 0.25) is 0 Å². The Bertz CT molecular complexity index is 1160. The maximum absolute atomic E-state index is 13.6. The Morgan fingerprint density at radius 2 is 1.91 bits per heavy atom. The van der Waals surface area contributed by atoms with E-state index in [1.165, 1.54) is 17.4 Å². The van der Waals surface area contributed by atoms with E-state index < -0.39 is 21.6 Å². The van der Waals surface area contributed by atoms with Crippen LogP contribution in [0.5, 0.6) is 5.75 Å². The molecular formula is C22H24F3N3O2S2. The number of ether oxygens (including phenoxy) is 1. The Kier molecular flexibility index (Phi) is 7.45. The fraction of sp³-hybridized carbons (Fsp3) is 0.318. The Morgan fingerprint density at radius 1 is 1.19 bits per heavy atom. The molecule has 0 amide bonds. The highest BCUT2D eigenvalue weighted by Crippen LogP contribution is 2.29. The van der Waals surface area contributed by atoms with Crippen molar-refractivity contribution in [1.29, 1.82) is 0 Å². The van der Waals surface area contributed by atoms with E-state index in [1.807, 2.05) is 36.6 Å². The first-order chi connectivity index (χ1) is 15.1. The van der Waals surface area contributed by atoms with E-state index in [-0.39, 0.29) is 0 Å². The molecule has 2 aromatic heterocycles.